The van der Waals surface area contributed by atoms with E-state index in [1.807, 2.05) is 63.2 Å². The minimum atomic E-state index is -0.268. The molecule has 1 N–H and O–H groups in total. The van der Waals surface area contributed by atoms with Crippen molar-refractivity contribution in [3.8, 4) is 5.75 Å². The summed E-state index contributed by atoms with van der Waals surface area (Å²) in [5.41, 5.74) is 4.14. The van der Waals surface area contributed by atoms with Crippen LogP contribution in [0.3, 0.4) is 0 Å². The van der Waals surface area contributed by atoms with E-state index in [2.05, 4.69) is 5.32 Å². The molecule has 0 saturated carbocycles. The van der Waals surface area contributed by atoms with E-state index in [-0.39, 0.29) is 18.3 Å². The van der Waals surface area contributed by atoms with E-state index in [1.165, 1.54) is 5.56 Å². The van der Waals surface area contributed by atoms with Gasteiger partial charge in [0.15, 0.2) is 5.76 Å². The molecule has 3 rings (SSSR count). The Labute approximate surface area is 147 Å². The molecule has 0 aliphatic rings. The predicted molar refractivity (Wildman–Crippen MR) is 98.1 cm³/mol. The van der Waals surface area contributed by atoms with Crippen LogP contribution in [0, 0.1) is 20.8 Å². The number of hydrogen-bond acceptors (Lipinski definition) is 3. The maximum absolute atomic E-state index is 12.4. The zero-order chi connectivity index (χ0) is 17.8. The molecule has 0 aliphatic heterocycles. The maximum Gasteiger partial charge on any atom is 0.291 e. The zero-order valence-corrected chi connectivity index (χ0v) is 14.6. The van der Waals surface area contributed by atoms with Gasteiger partial charge >= 0.3 is 0 Å². The van der Waals surface area contributed by atoms with Crippen LogP contribution in [-0.4, -0.2) is 5.91 Å². The summed E-state index contributed by atoms with van der Waals surface area (Å²) in [5.74, 6) is 1.37. The Kier molecular flexibility index (Phi) is 4.89. The SMILES string of the molecule is Cc1ccc(OCc2ccc(C(=O)Nc3cccc(C)c3C)o2)cc1. The summed E-state index contributed by atoms with van der Waals surface area (Å²) < 4.78 is 11.3. The highest BCUT2D eigenvalue weighted by Crippen LogP contribution is 2.20. The number of nitrogens with one attached hydrogen (secondary N) is 1. The summed E-state index contributed by atoms with van der Waals surface area (Å²) in [6.07, 6.45) is 0. The molecule has 25 heavy (non-hydrogen) atoms. The molecule has 0 unspecified atom stereocenters. The Morgan fingerprint density at radius 3 is 2.52 bits per heavy atom. The number of anilines is 1. The van der Waals surface area contributed by atoms with Crippen molar-refractivity contribution in [1.82, 2.24) is 0 Å². The van der Waals surface area contributed by atoms with Gasteiger partial charge in [-0.05, 0) is 62.2 Å². The van der Waals surface area contributed by atoms with Crippen LogP contribution in [0.5, 0.6) is 5.75 Å². The maximum atomic E-state index is 12.4. The molecule has 0 atom stereocenters. The number of amides is 1. The number of furan rings is 1. The van der Waals surface area contributed by atoms with Crippen LogP contribution in [0.4, 0.5) is 5.69 Å². The van der Waals surface area contributed by atoms with Crippen molar-refractivity contribution in [3.63, 3.8) is 0 Å². The van der Waals surface area contributed by atoms with E-state index < -0.39 is 0 Å². The highest BCUT2D eigenvalue weighted by atomic mass is 16.5. The quantitative estimate of drug-likeness (QED) is 0.711. The third kappa shape index (κ3) is 4.10. The van der Waals surface area contributed by atoms with Crippen molar-refractivity contribution in [2.24, 2.45) is 0 Å². The summed E-state index contributed by atoms with van der Waals surface area (Å²) >= 11 is 0. The van der Waals surface area contributed by atoms with E-state index in [4.69, 9.17) is 9.15 Å². The van der Waals surface area contributed by atoms with Crippen LogP contribution in [0.15, 0.2) is 59.0 Å². The molecule has 0 aliphatic carbocycles. The lowest BCUT2D eigenvalue weighted by atomic mass is 10.1. The molecular formula is C21H21NO3. The molecule has 1 amide bonds. The van der Waals surface area contributed by atoms with Gasteiger partial charge in [-0.1, -0.05) is 29.8 Å². The second kappa shape index (κ2) is 7.26. The van der Waals surface area contributed by atoms with Crippen LogP contribution in [0.25, 0.3) is 0 Å². The van der Waals surface area contributed by atoms with Crippen LogP contribution in [0.2, 0.25) is 0 Å². The first-order valence-corrected chi connectivity index (χ1v) is 8.18. The predicted octanol–water partition coefficient (Wildman–Crippen LogP) is 5.04. The fourth-order valence-electron chi connectivity index (χ4n) is 2.44. The molecule has 1 aromatic heterocycles. The van der Waals surface area contributed by atoms with Gasteiger partial charge in [-0.2, -0.15) is 0 Å². The van der Waals surface area contributed by atoms with Crippen LogP contribution in [0.1, 0.15) is 33.0 Å². The topological polar surface area (TPSA) is 51.5 Å². The first kappa shape index (κ1) is 16.8. The van der Waals surface area contributed by atoms with Gasteiger partial charge in [0.25, 0.3) is 5.91 Å². The Hall–Kier alpha value is -3.01. The van der Waals surface area contributed by atoms with E-state index in [1.54, 1.807) is 12.1 Å². The number of benzene rings is 2. The molecule has 0 bridgehead atoms. The molecule has 0 saturated heterocycles. The molecule has 128 valence electrons. The molecule has 4 nitrogen and oxygen atoms in total. The van der Waals surface area contributed by atoms with Crippen LogP contribution < -0.4 is 10.1 Å². The first-order valence-electron chi connectivity index (χ1n) is 8.18. The molecule has 0 radical (unpaired) electrons. The lowest BCUT2D eigenvalue weighted by Gasteiger charge is -2.09. The Morgan fingerprint density at radius 2 is 1.76 bits per heavy atom. The normalized spacial score (nSPS) is 10.5. The van der Waals surface area contributed by atoms with E-state index in [9.17, 15) is 4.79 Å². The number of rotatable bonds is 5. The van der Waals surface area contributed by atoms with Gasteiger partial charge in [0.2, 0.25) is 0 Å². The molecule has 0 fully saturated rings. The molecular weight excluding hydrogens is 314 g/mol. The Morgan fingerprint density at radius 1 is 1.00 bits per heavy atom. The standard InChI is InChI=1S/C21H21NO3/c1-14-7-9-17(10-8-14)24-13-18-11-12-20(25-18)21(23)22-19-6-4-5-15(2)16(19)3/h4-12H,13H2,1-3H3,(H,22,23). The average molecular weight is 335 g/mol. The number of ether oxygens (including phenoxy) is 1. The summed E-state index contributed by atoms with van der Waals surface area (Å²) in [6.45, 7) is 6.29. The molecule has 1 heterocycles. The van der Waals surface area contributed by atoms with Gasteiger partial charge in [-0.3, -0.25) is 4.79 Å². The third-order valence-electron chi connectivity index (χ3n) is 4.14. The van der Waals surface area contributed by atoms with Gasteiger partial charge < -0.3 is 14.5 Å². The molecule has 2 aromatic carbocycles. The van der Waals surface area contributed by atoms with Crippen LogP contribution >= 0.6 is 0 Å². The summed E-state index contributed by atoms with van der Waals surface area (Å²) in [5, 5.41) is 2.89. The average Bonchev–Trinajstić information content (AvgIpc) is 3.08. The number of carbonyl (C=O) groups is 1. The van der Waals surface area contributed by atoms with E-state index in [0.29, 0.717) is 5.76 Å². The monoisotopic (exact) mass is 335 g/mol. The number of aryl methyl sites for hydroxylation is 2. The Bertz CT molecular complexity index is 878. The minimum absolute atomic E-state index is 0.267. The van der Waals surface area contributed by atoms with Crippen molar-refractivity contribution < 1.29 is 13.9 Å². The van der Waals surface area contributed by atoms with Crippen molar-refractivity contribution in [1.29, 1.82) is 0 Å². The fourth-order valence-corrected chi connectivity index (χ4v) is 2.44. The highest BCUT2D eigenvalue weighted by molar-refractivity contribution is 6.02. The summed E-state index contributed by atoms with van der Waals surface area (Å²) in [7, 11) is 0. The largest absolute Gasteiger partial charge is 0.486 e. The fraction of sp³-hybridized carbons (Fsp3) is 0.190. The van der Waals surface area contributed by atoms with Crippen molar-refractivity contribution in [2.45, 2.75) is 27.4 Å². The lowest BCUT2D eigenvalue weighted by Crippen LogP contribution is -2.12. The molecule has 0 spiro atoms. The smallest absolute Gasteiger partial charge is 0.291 e. The summed E-state index contributed by atoms with van der Waals surface area (Å²) in [6, 6.07) is 17.0. The van der Waals surface area contributed by atoms with Gasteiger partial charge in [-0.15, -0.1) is 0 Å². The van der Waals surface area contributed by atoms with Crippen molar-refractivity contribution >= 4 is 11.6 Å². The zero-order valence-electron chi connectivity index (χ0n) is 14.6. The van der Waals surface area contributed by atoms with Gasteiger partial charge in [0.05, 0.1) is 0 Å². The van der Waals surface area contributed by atoms with Crippen molar-refractivity contribution in [3.05, 3.63) is 82.8 Å². The lowest BCUT2D eigenvalue weighted by molar-refractivity contribution is 0.0992. The van der Waals surface area contributed by atoms with Gasteiger partial charge in [0.1, 0.15) is 18.1 Å². The van der Waals surface area contributed by atoms with E-state index in [0.717, 1.165) is 22.6 Å². The highest BCUT2D eigenvalue weighted by Gasteiger charge is 2.13. The molecule has 3 aromatic rings. The number of hydrogen-bond donors (Lipinski definition) is 1. The summed E-state index contributed by atoms with van der Waals surface area (Å²) in [4.78, 5) is 12.4. The number of carbonyl (C=O) groups excluding carboxylic acids is 1. The van der Waals surface area contributed by atoms with Gasteiger partial charge in [0, 0.05) is 5.69 Å². The third-order valence-corrected chi connectivity index (χ3v) is 4.14. The first-order chi connectivity index (χ1) is 12.0. The molecule has 4 heteroatoms. The second-order valence-electron chi connectivity index (χ2n) is 6.07. The Balaban J connectivity index is 1.63. The van der Waals surface area contributed by atoms with Crippen molar-refractivity contribution in [2.75, 3.05) is 5.32 Å². The minimum Gasteiger partial charge on any atom is -0.486 e. The van der Waals surface area contributed by atoms with Gasteiger partial charge in [-0.25, -0.2) is 0 Å². The van der Waals surface area contributed by atoms with E-state index >= 15 is 0 Å². The van der Waals surface area contributed by atoms with Crippen LogP contribution in [-0.2, 0) is 6.61 Å². The second-order valence-corrected chi connectivity index (χ2v) is 6.07.